The molecule has 0 amide bonds. The van der Waals surface area contributed by atoms with Gasteiger partial charge < -0.3 is 0 Å². The fraction of sp³-hybridized carbons (Fsp3) is 1.00. The second-order valence-corrected chi connectivity index (χ2v) is 4.03. The van der Waals surface area contributed by atoms with E-state index in [4.69, 9.17) is 8.37 Å². The molecule has 0 unspecified atom stereocenters. The summed E-state index contributed by atoms with van der Waals surface area (Å²) in [6.07, 6.45) is 0.00193. The molecule has 2 atom stereocenters. The predicted octanol–water partition coefficient (Wildman–Crippen LogP) is 1.03. The molecule has 1 aliphatic rings. The molecule has 1 fully saturated rings. The Morgan fingerprint density at radius 2 is 2.20 bits per heavy atom. The molecule has 1 rings (SSSR count). The van der Waals surface area contributed by atoms with Gasteiger partial charge in [-0.05, 0) is 6.92 Å². The highest BCUT2D eigenvalue weighted by atomic mass is 32.2. The summed E-state index contributed by atoms with van der Waals surface area (Å²) in [4.78, 5) is 0. The first-order valence-corrected chi connectivity index (χ1v) is 4.24. The van der Waals surface area contributed by atoms with Crippen LogP contribution in [0.1, 0.15) is 20.8 Å². The molecule has 1 heterocycles. The van der Waals surface area contributed by atoms with Crippen LogP contribution in [-0.2, 0) is 19.7 Å². The van der Waals surface area contributed by atoms with E-state index in [9.17, 15) is 4.21 Å². The summed E-state index contributed by atoms with van der Waals surface area (Å²) < 4.78 is 20.4. The Morgan fingerprint density at radius 1 is 1.60 bits per heavy atom. The third-order valence-corrected chi connectivity index (χ3v) is 2.61. The average molecular weight is 164 g/mol. The highest BCUT2D eigenvalue weighted by Crippen LogP contribution is 2.28. The number of hydrogen-bond acceptors (Lipinski definition) is 3. The third-order valence-electron chi connectivity index (χ3n) is 1.85. The summed E-state index contributed by atoms with van der Waals surface area (Å²) in [5.74, 6) is 0. The van der Waals surface area contributed by atoms with E-state index >= 15 is 0 Å². The SMILES string of the molecule is C[C@H]1O[S@](=O)OCC1(C)C. The maximum atomic E-state index is 10.6. The van der Waals surface area contributed by atoms with Crippen LogP contribution in [0.25, 0.3) is 0 Å². The van der Waals surface area contributed by atoms with Gasteiger partial charge in [0.15, 0.2) is 0 Å². The van der Waals surface area contributed by atoms with Gasteiger partial charge in [-0.25, -0.2) is 0 Å². The van der Waals surface area contributed by atoms with E-state index in [1.54, 1.807) is 0 Å². The molecule has 0 aromatic carbocycles. The maximum absolute atomic E-state index is 10.6. The summed E-state index contributed by atoms with van der Waals surface area (Å²) in [7, 11) is 0. The van der Waals surface area contributed by atoms with Gasteiger partial charge in [0.25, 0.3) is 0 Å². The van der Waals surface area contributed by atoms with Crippen LogP contribution in [0.5, 0.6) is 0 Å². The Balaban J connectivity index is 2.60. The molecule has 0 bridgehead atoms. The Bertz CT molecular complexity index is 155. The van der Waals surface area contributed by atoms with Crippen molar-refractivity contribution >= 4 is 11.4 Å². The lowest BCUT2D eigenvalue weighted by Gasteiger charge is -2.33. The molecule has 10 heavy (non-hydrogen) atoms. The molecule has 0 spiro atoms. The summed E-state index contributed by atoms with van der Waals surface area (Å²) >= 11 is -1.52. The molecular weight excluding hydrogens is 152 g/mol. The molecule has 0 N–H and O–H groups in total. The van der Waals surface area contributed by atoms with Crippen LogP contribution < -0.4 is 0 Å². The smallest absolute Gasteiger partial charge is 0.268 e. The second kappa shape index (κ2) is 2.60. The zero-order valence-electron chi connectivity index (χ0n) is 6.42. The number of rotatable bonds is 0. The minimum Gasteiger partial charge on any atom is -0.268 e. The topological polar surface area (TPSA) is 35.5 Å². The molecule has 1 aliphatic heterocycles. The summed E-state index contributed by atoms with van der Waals surface area (Å²) in [5, 5.41) is 0. The van der Waals surface area contributed by atoms with E-state index in [1.807, 2.05) is 20.8 Å². The van der Waals surface area contributed by atoms with Gasteiger partial charge in [-0.1, -0.05) is 13.8 Å². The van der Waals surface area contributed by atoms with E-state index in [0.717, 1.165) is 0 Å². The van der Waals surface area contributed by atoms with E-state index in [0.29, 0.717) is 6.61 Å². The van der Waals surface area contributed by atoms with Crippen molar-refractivity contribution in [1.82, 2.24) is 0 Å². The second-order valence-electron chi connectivity index (χ2n) is 3.19. The normalized spacial score (nSPS) is 39.5. The zero-order chi connectivity index (χ0) is 7.78. The van der Waals surface area contributed by atoms with Crippen LogP contribution in [0.3, 0.4) is 0 Å². The molecule has 0 aromatic heterocycles. The average Bonchev–Trinajstić information content (AvgIpc) is 1.81. The molecule has 3 nitrogen and oxygen atoms in total. The molecule has 0 radical (unpaired) electrons. The molecular formula is C6H12O3S. The van der Waals surface area contributed by atoms with Crippen LogP contribution in [0.2, 0.25) is 0 Å². The molecule has 0 saturated carbocycles. The van der Waals surface area contributed by atoms with Gasteiger partial charge in [0.05, 0.1) is 12.7 Å². The largest absolute Gasteiger partial charge is 0.304 e. The summed E-state index contributed by atoms with van der Waals surface area (Å²) in [6, 6.07) is 0. The van der Waals surface area contributed by atoms with E-state index < -0.39 is 11.4 Å². The summed E-state index contributed by atoms with van der Waals surface area (Å²) in [5.41, 5.74) is -0.0199. The van der Waals surface area contributed by atoms with Gasteiger partial charge in [0.2, 0.25) is 0 Å². The van der Waals surface area contributed by atoms with Gasteiger partial charge in [0.1, 0.15) is 0 Å². The number of hydrogen-bond donors (Lipinski definition) is 0. The standard InChI is InChI=1S/C6H12O3S/c1-5-6(2,3)4-8-10(7)9-5/h5H,4H2,1-3H3/t5-,10-/m1/s1. The van der Waals surface area contributed by atoms with Gasteiger partial charge >= 0.3 is 11.4 Å². The molecule has 60 valence electrons. The Morgan fingerprint density at radius 3 is 2.60 bits per heavy atom. The van der Waals surface area contributed by atoms with Gasteiger partial charge in [0, 0.05) is 5.41 Å². The Kier molecular flexibility index (Phi) is 2.12. The van der Waals surface area contributed by atoms with Crippen molar-refractivity contribution in [2.24, 2.45) is 5.41 Å². The Hall–Kier alpha value is 0.0700. The van der Waals surface area contributed by atoms with Crippen molar-refractivity contribution in [3.8, 4) is 0 Å². The first kappa shape index (κ1) is 8.17. The highest BCUT2D eigenvalue weighted by molar-refractivity contribution is 7.75. The fourth-order valence-electron chi connectivity index (χ4n) is 0.593. The first-order valence-electron chi connectivity index (χ1n) is 3.24. The van der Waals surface area contributed by atoms with E-state index in [2.05, 4.69) is 0 Å². The maximum Gasteiger partial charge on any atom is 0.304 e. The molecule has 4 heteroatoms. The van der Waals surface area contributed by atoms with Crippen molar-refractivity contribution < 1.29 is 12.6 Å². The van der Waals surface area contributed by atoms with Crippen molar-refractivity contribution in [2.45, 2.75) is 26.9 Å². The lowest BCUT2D eigenvalue weighted by atomic mass is 9.89. The quantitative estimate of drug-likeness (QED) is 0.536. The highest BCUT2D eigenvalue weighted by Gasteiger charge is 2.34. The first-order chi connectivity index (χ1) is 4.52. The third kappa shape index (κ3) is 1.56. The van der Waals surface area contributed by atoms with Gasteiger partial charge in [-0.3, -0.25) is 8.37 Å². The fourth-order valence-corrected chi connectivity index (χ4v) is 1.54. The van der Waals surface area contributed by atoms with Crippen molar-refractivity contribution in [1.29, 1.82) is 0 Å². The van der Waals surface area contributed by atoms with Crippen LogP contribution >= 0.6 is 0 Å². The monoisotopic (exact) mass is 164 g/mol. The van der Waals surface area contributed by atoms with Crippen molar-refractivity contribution in [3.05, 3.63) is 0 Å². The minimum atomic E-state index is -1.52. The minimum absolute atomic E-state index is 0.00193. The lowest BCUT2D eigenvalue weighted by molar-refractivity contribution is 0.00659. The Labute approximate surface area is 63.6 Å². The van der Waals surface area contributed by atoms with Crippen LogP contribution in [-0.4, -0.2) is 16.9 Å². The van der Waals surface area contributed by atoms with Crippen LogP contribution in [0.15, 0.2) is 0 Å². The van der Waals surface area contributed by atoms with E-state index in [-0.39, 0.29) is 11.5 Å². The van der Waals surface area contributed by atoms with Gasteiger partial charge in [-0.15, -0.1) is 0 Å². The molecule has 0 aromatic rings. The lowest BCUT2D eigenvalue weighted by Crippen LogP contribution is -2.39. The molecule has 1 saturated heterocycles. The van der Waals surface area contributed by atoms with Crippen LogP contribution in [0, 0.1) is 5.41 Å². The zero-order valence-corrected chi connectivity index (χ0v) is 7.23. The summed E-state index contributed by atoms with van der Waals surface area (Å²) in [6.45, 7) is 6.45. The van der Waals surface area contributed by atoms with Gasteiger partial charge in [-0.2, -0.15) is 4.21 Å². The predicted molar refractivity (Wildman–Crippen MR) is 38.4 cm³/mol. The van der Waals surface area contributed by atoms with Crippen molar-refractivity contribution in [2.75, 3.05) is 6.61 Å². The van der Waals surface area contributed by atoms with Crippen LogP contribution in [0.4, 0.5) is 0 Å². The molecule has 0 aliphatic carbocycles. The van der Waals surface area contributed by atoms with E-state index in [1.165, 1.54) is 0 Å². The van der Waals surface area contributed by atoms with Crippen molar-refractivity contribution in [3.63, 3.8) is 0 Å².